The molecule has 2 fully saturated rings. The van der Waals surface area contributed by atoms with Crippen LogP contribution < -0.4 is 9.80 Å². The smallest absolute Gasteiger partial charge is 0.410 e. The molecule has 0 aliphatic carbocycles. The van der Waals surface area contributed by atoms with Gasteiger partial charge in [-0.3, -0.25) is 9.97 Å². The number of pyridine rings is 2. The van der Waals surface area contributed by atoms with Crippen molar-refractivity contribution >= 4 is 68.6 Å². The van der Waals surface area contributed by atoms with Crippen molar-refractivity contribution in [2.45, 2.75) is 59.7 Å². The zero-order chi connectivity index (χ0) is 58.9. The molecule has 2 aliphatic heterocycles. The molecule has 12 rings (SSSR count). The maximum absolute atomic E-state index is 12.5. The van der Waals surface area contributed by atoms with E-state index in [9.17, 15) is 24.3 Å². The lowest BCUT2D eigenvalue weighted by atomic mass is 10.0. The number of aromatic nitrogens is 8. The summed E-state index contributed by atoms with van der Waals surface area (Å²) >= 11 is 0. The van der Waals surface area contributed by atoms with E-state index in [1.807, 2.05) is 96.7 Å². The molecule has 0 radical (unpaired) electrons. The van der Waals surface area contributed by atoms with Gasteiger partial charge in [0, 0.05) is 134 Å². The summed E-state index contributed by atoms with van der Waals surface area (Å²) in [5.41, 5.74) is 11.4. The van der Waals surface area contributed by atoms with Gasteiger partial charge >= 0.3 is 24.1 Å². The van der Waals surface area contributed by atoms with Gasteiger partial charge in [-0.2, -0.15) is 10.2 Å². The number of rotatable bonds is 9. The Morgan fingerprint density at radius 2 is 0.905 bits per heavy atom. The van der Waals surface area contributed by atoms with Crippen LogP contribution >= 0.6 is 0 Å². The van der Waals surface area contributed by atoms with Crippen LogP contribution in [-0.2, 0) is 14.2 Å². The van der Waals surface area contributed by atoms with Crippen LogP contribution in [0.5, 0.6) is 0 Å². The molecule has 2 aliphatic rings. The van der Waals surface area contributed by atoms with E-state index in [1.165, 1.54) is 0 Å². The number of hydrogen-bond donors (Lipinski definition) is 1. The second kappa shape index (κ2) is 23.1. The van der Waals surface area contributed by atoms with Crippen molar-refractivity contribution in [1.29, 1.82) is 0 Å². The predicted molar refractivity (Wildman–Crippen MR) is 321 cm³/mol. The Morgan fingerprint density at radius 3 is 1.31 bits per heavy atom. The van der Waals surface area contributed by atoms with Gasteiger partial charge in [-0.05, 0) is 119 Å². The summed E-state index contributed by atoms with van der Waals surface area (Å²) in [6, 6.07) is 31.1. The highest BCUT2D eigenvalue weighted by molar-refractivity contribution is 6.08. The molecule has 2 saturated heterocycles. The molecule has 84 heavy (non-hydrogen) atoms. The Balaban J connectivity index is 0.000000176. The van der Waals surface area contributed by atoms with Crippen LogP contribution in [0.25, 0.3) is 77.6 Å². The molecule has 0 spiro atoms. The average Bonchev–Trinajstić information content (AvgIpc) is 3.79. The number of hydrogen-bond acceptors (Lipinski definition) is 15. The normalized spacial score (nSPS) is 13.9. The van der Waals surface area contributed by atoms with Gasteiger partial charge in [0.05, 0.1) is 41.2 Å². The Morgan fingerprint density at radius 1 is 0.488 bits per heavy atom. The topological polar surface area (TPSA) is 215 Å². The fourth-order valence-electron chi connectivity index (χ4n) is 10.5. The first-order valence-electron chi connectivity index (χ1n) is 27.9. The number of para-hydroxylation sites is 2. The summed E-state index contributed by atoms with van der Waals surface area (Å²) in [6.45, 7) is 18.8. The highest BCUT2D eigenvalue weighted by Gasteiger charge is 2.28. The SMILES string of the molecule is CC(C)(C)OC(=O)N1CCN(c2ccc(-c3cnc4c(-c5ccnc6c(C(=O)O)cccc56)cnn4c3)cc2)CC1.CCOC(=O)c1cccc2c(-c3cnn4cc(-c5ccc(N6CCN(C(=O)OC(C)(C)C)CC6)cc5)cnc34)ccnc12. The predicted octanol–water partition coefficient (Wildman–Crippen LogP) is 11.2. The van der Waals surface area contributed by atoms with Crippen molar-refractivity contribution in [2.75, 3.05) is 68.8 Å². The molecule has 1 N–H and O–H groups in total. The summed E-state index contributed by atoms with van der Waals surface area (Å²) in [7, 11) is 0. The Hall–Kier alpha value is -9.98. The number of aromatic carboxylic acids is 1. The average molecular weight is 1130 g/mol. The zero-order valence-electron chi connectivity index (χ0n) is 47.9. The second-order valence-corrected chi connectivity index (χ2v) is 22.5. The Kier molecular flexibility index (Phi) is 15.4. The van der Waals surface area contributed by atoms with Gasteiger partial charge < -0.3 is 38.9 Å². The van der Waals surface area contributed by atoms with Crippen LogP contribution in [0.15, 0.2) is 147 Å². The molecule has 0 saturated carbocycles. The number of piperazine rings is 2. The van der Waals surface area contributed by atoms with Crippen molar-refractivity contribution in [2.24, 2.45) is 0 Å². The lowest BCUT2D eigenvalue weighted by Gasteiger charge is -2.36. The minimum absolute atomic E-state index is 0.157. The van der Waals surface area contributed by atoms with Gasteiger partial charge in [-0.15, -0.1) is 0 Å². The van der Waals surface area contributed by atoms with E-state index >= 15 is 0 Å². The van der Waals surface area contributed by atoms with Gasteiger partial charge in [0.15, 0.2) is 11.3 Å². The highest BCUT2D eigenvalue weighted by Crippen LogP contribution is 2.35. The van der Waals surface area contributed by atoms with Crippen LogP contribution in [-0.4, -0.2) is 148 Å². The summed E-state index contributed by atoms with van der Waals surface area (Å²) in [4.78, 5) is 75.4. The molecule has 8 heterocycles. The lowest BCUT2D eigenvalue weighted by Crippen LogP contribution is -2.50. The number of carbonyl (C=O) groups is 4. The molecule has 20 nitrogen and oxygen atoms in total. The molecule has 0 atom stereocenters. The minimum atomic E-state index is -1.02. The van der Waals surface area contributed by atoms with E-state index in [2.05, 4.69) is 78.5 Å². The number of amides is 2. The van der Waals surface area contributed by atoms with Crippen LogP contribution in [0, 0.1) is 0 Å². The van der Waals surface area contributed by atoms with E-state index in [0.717, 1.165) is 92.8 Å². The van der Waals surface area contributed by atoms with Crippen LogP contribution in [0.3, 0.4) is 0 Å². The number of esters is 1. The molecule has 0 unspecified atom stereocenters. The first-order valence-corrected chi connectivity index (χ1v) is 27.9. The van der Waals surface area contributed by atoms with Gasteiger partial charge in [-0.25, -0.2) is 38.2 Å². The summed E-state index contributed by atoms with van der Waals surface area (Å²) in [6.07, 6.45) is 13.9. The molecule has 6 aromatic heterocycles. The Bertz CT molecular complexity index is 4100. The first-order chi connectivity index (χ1) is 40.4. The molecule has 2 amide bonds. The van der Waals surface area contributed by atoms with Crippen LogP contribution in [0.2, 0.25) is 0 Å². The van der Waals surface area contributed by atoms with Gasteiger partial charge in [0.2, 0.25) is 0 Å². The van der Waals surface area contributed by atoms with Crippen molar-refractivity contribution in [3.63, 3.8) is 0 Å². The number of carbonyl (C=O) groups excluding carboxylic acids is 3. The van der Waals surface area contributed by atoms with Crippen molar-refractivity contribution in [1.82, 2.24) is 49.0 Å². The third-order valence-corrected chi connectivity index (χ3v) is 14.6. The molecule has 10 aromatic rings. The van der Waals surface area contributed by atoms with E-state index in [0.29, 0.717) is 60.7 Å². The van der Waals surface area contributed by atoms with E-state index in [4.69, 9.17) is 24.2 Å². The third kappa shape index (κ3) is 11.9. The standard InChI is InChI=1S/C33H34N6O4.C31H30N6O4/c1-5-42-31(40)27-8-6-7-26-25(13-14-34-29(26)27)28-20-36-39-21-23(19-35-30(28)39)22-9-11-24(12-10-22)37-15-17-38(18-16-37)32(41)43-33(2,3)4;1-31(2,3)41-30(40)36-15-13-35(14-16-36)22-9-7-20(8-10-22)21-17-33-28-26(18-34-37(28)19-21)23-11-12-32-27-24(23)5-4-6-25(27)29(38)39/h6-14,19-21H,5,15-18H2,1-4H3;4-12,17-19H,13-16H2,1-3H3,(H,38,39). The molecule has 20 heteroatoms. The summed E-state index contributed by atoms with van der Waals surface area (Å²) in [5.74, 6) is -1.41. The van der Waals surface area contributed by atoms with Gasteiger partial charge in [-0.1, -0.05) is 48.5 Å². The fraction of sp³-hybridized carbons (Fsp3) is 0.281. The number of fused-ring (bicyclic) bond motifs is 4. The molecular formula is C64H64N12O8. The number of nitrogens with zero attached hydrogens (tertiary/aromatic N) is 12. The zero-order valence-corrected chi connectivity index (χ0v) is 47.9. The van der Waals surface area contributed by atoms with Crippen LogP contribution in [0.4, 0.5) is 21.0 Å². The molecule has 428 valence electrons. The largest absolute Gasteiger partial charge is 0.478 e. The van der Waals surface area contributed by atoms with Crippen molar-refractivity contribution in [3.05, 3.63) is 158 Å². The van der Waals surface area contributed by atoms with E-state index < -0.39 is 23.1 Å². The fourth-order valence-corrected chi connectivity index (χ4v) is 10.5. The third-order valence-electron chi connectivity index (χ3n) is 14.6. The van der Waals surface area contributed by atoms with Crippen LogP contribution in [0.1, 0.15) is 69.2 Å². The first kappa shape index (κ1) is 55.9. The molecular weight excluding hydrogens is 1060 g/mol. The Labute approximate surface area is 484 Å². The molecule has 0 bridgehead atoms. The maximum Gasteiger partial charge on any atom is 0.410 e. The molecule has 4 aromatic carbocycles. The highest BCUT2D eigenvalue weighted by atomic mass is 16.6. The lowest BCUT2D eigenvalue weighted by molar-refractivity contribution is 0.0230. The number of ether oxygens (including phenoxy) is 3. The number of carboxylic acids is 1. The van der Waals surface area contributed by atoms with Crippen molar-refractivity contribution < 1.29 is 38.5 Å². The number of carboxylic acid groups (broad SMARTS) is 1. The summed E-state index contributed by atoms with van der Waals surface area (Å²) < 4.78 is 19.8. The quantitative estimate of drug-likeness (QED) is 0.105. The van der Waals surface area contributed by atoms with E-state index in [1.54, 1.807) is 68.7 Å². The van der Waals surface area contributed by atoms with Crippen molar-refractivity contribution in [3.8, 4) is 44.5 Å². The monoisotopic (exact) mass is 1130 g/mol. The van der Waals surface area contributed by atoms with Gasteiger partial charge in [0.1, 0.15) is 11.2 Å². The van der Waals surface area contributed by atoms with E-state index in [-0.39, 0.29) is 17.7 Å². The van der Waals surface area contributed by atoms with Gasteiger partial charge in [0.25, 0.3) is 0 Å². The minimum Gasteiger partial charge on any atom is -0.478 e. The number of benzene rings is 4. The summed E-state index contributed by atoms with van der Waals surface area (Å²) in [5, 5.41) is 20.3. The second-order valence-electron chi connectivity index (χ2n) is 22.5. The maximum atomic E-state index is 12.5. The number of anilines is 2.